The van der Waals surface area contributed by atoms with Gasteiger partial charge < -0.3 is 10.2 Å². The second-order valence-corrected chi connectivity index (χ2v) is 6.39. The van der Waals surface area contributed by atoms with Crippen LogP contribution in [-0.2, 0) is 6.54 Å². The summed E-state index contributed by atoms with van der Waals surface area (Å²) < 4.78 is 0. The molecule has 2 aromatic rings. The van der Waals surface area contributed by atoms with Crippen LogP contribution in [0.3, 0.4) is 0 Å². The molecule has 1 atom stereocenters. The van der Waals surface area contributed by atoms with Crippen molar-refractivity contribution >= 4 is 11.3 Å². The first-order chi connectivity index (χ1) is 9.69. The summed E-state index contributed by atoms with van der Waals surface area (Å²) in [4.78, 5) is 3.83. The minimum absolute atomic E-state index is 0.432. The maximum atomic E-state index is 3.43. The van der Waals surface area contributed by atoms with Gasteiger partial charge >= 0.3 is 0 Å². The molecule has 2 nitrogen and oxygen atoms in total. The summed E-state index contributed by atoms with van der Waals surface area (Å²) in [7, 11) is 4.24. The van der Waals surface area contributed by atoms with E-state index in [0.29, 0.717) is 6.04 Å². The Morgan fingerprint density at radius 2 is 1.95 bits per heavy atom. The van der Waals surface area contributed by atoms with Crippen LogP contribution in [0.5, 0.6) is 0 Å². The van der Waals surface area contributed by atoms with Crippen LogP contribution in [0.1, 0.15) is 28.5 Å². The van der Waals surface area contributed by atoms with Crippen molar-refractivity contribution in [1.29, 1.82) is 0 Å². The molecule has 1 N–H and O–H groups in total. The molecule has 0 bridgehead atoms. The normalized spacial score (nSPS) is 12.8. The number of nitrogens with one attached hydrogen (secondary N) is 1. The van der Waals surface area contributed by atoms with Gasteiger partial charge in [0.25, 0.3) is 0 Å². The standard InChI is InChI=1S/C17H24N2S/c1-14-6-8-15(9-7-14)17(18-2)10-11-19(3)13-16-5-4-12-20-16/h4-9,12,17-18H,10-11,13H2,1-3H3. The van der Waals surface area contributed by atoms with E-state index in [4.69, 9.17) is 0 Å². The lowest BCUT2D eigenvalue weighted by molar-refractivity contribution is 0.306. The van der Waals surface area contributed by atoms with Crippen LogP contribution in [0.4, 0.5) is 0 Å². The molecule has 0 fully saturated rings. The quantitative estimate of drug-likeness (QED) is 0.833. The van der Waals surface area contributed by atoms with Gasteiger partial charge in [0.1, 0.15) is 0 Å². The summed E-state index contributed by atoms with van der Waals surface area (Å²) in [6.45, 7) is 4.27. The van der Waals surface area contributed by atoms with Crippen LogP contribution < -0.4 is 5.32 Å². The molecule has 0 amide bonds. The third-order valence-corrected chi connectivity index (χ3v) is 4.49. The first-order valence-corrected chi connectivity index (χ1v) is 8.02. The summed E-state index contributed by atoms with van der Waals surface area (Å²) in [6.07, 6.45) is 1.13. The number of benzene rings is 1. The fourth-order valence-electron chi connectivity index (χ4n) is 2.37. The molecule has 1 unspecified atom stereocenters. The van der Waals surface area contributed by atoms with Crippen molar-refractivity contribution in [2.75, 3.05) is 20.6 Å². The maximum Gasteiger partial charge on any atom is 0.0329 e. The highest BCUT2D eigenvalue weighted by atomic mass is 32.1. The molecule has 1 aromatic heterocycles. The highest BCUT2D eigenvalue weighted by molar-refractivity contribution is 7.09. The van der Waals surface area contributed by atoms with E-state index in [2.05, 4.69) is 66.0 Å². The third-order valence-electron chi connectivity index (χ3n) is 3.63. The summed E-state index contributed by atoms with van der Waals surface area (Å²) in [5.41, 5.74) is 2.70. The molecule has 0 saturated carbocycles. The Hall–Kier alpha value is -1.16. The summed E-state index contributed by atoms with van der Waals surface area (Å²) >= 11 is 1.83. The zero-order valence-electron chi connectivity index (χ0n) is 12.6. The van der Waals surface area contributed by atoms with Crippen LogP contribution in [-0.4, -0.2) is 25.5 Å². The van der Waals surface area contributed by atoms with Crippen molar-refractivity contribution in [2.45, 2.75) is 25.9 Å². The molecule has 1 heterocycles. The van der Waals surface area contributed by atoms with Gasteiger partial charge in [-0.3, -0.25) is 0 Å². The first-order valence-electron chi connectivity index (χ1n) is 7.14. The van der Waals surface area contributed by atoms with Gasteiger partial charge in [-0.2, -0.15) is 0 Å². The molecule has 0 saturated heterocycles. The molecule has 0 aliphatic carbocycles. The van der Waals surface area contributed by atoms with E-state index in [1.807, 2.05) is 18.4 Å². The molecule has 3 heteroatoms. The average molecular weight is 288 g/mol. The van der Waals surface area contributed by atoms with Gasteiger partial charge in [0, 0.05) is 24.0 Å². The van der Waals surface area contributed by atoms with Gasteiger partial charge in [0.15, 0.2) is 0 Å². The van der Waals surface area contributed by atoms with Crippen molar-refractivity contribution < 1.29 is 0 Å². The van der Waals surface area contributed by atoms with Gasteiger partial charge in [-0.15, -0.1) is 11.3 Å². The van der Waals surface area contributed by atoms with Crippen LogP contribution in [0.25, 0.3) is 0 Å². The van der Waals surface area contributed by atoms with Gasteiger partial charge in [-0.05, 0) is 44.4 Å². The minimum Gasteiger partial charge on any atom is -0.313 e. The van der Waals surface area contributed by atoms with E-state index in [1.54, 1.807) is 0 Å². The van der Waals surface area contributed by atoms with Crippen LogP contribution in [0.15, 0.2) is 41.8 Å². The van der Waals surface area contributed by atoms with Gasteiger partial charge in [0.2, 0.25) is 0 Å². The molecule has 0 spiro atoms. The number of nitrogens with zero attached hydrogens (tertiary/aromatic N) is 1. The fourth-order valence-corrected chi connectivity index (χ4v) is 3.16. The number of aryl methyl sites for hydroxylation is 1. The second kappa shape index (κ2) is 7.58. The Kier molecular flexibility index (Phi) is 5.77. The van der Waals surface area contributed by atoms with E-state index in [1.165, 1.54) is 16.0 Å². The van der Waals surface area contributed by atoms with E-state index in [0.717, 1.165) is 19.5 Å². The number of hydrogen-bond donors (Lipinski definition) is 1. The average Bonchev–Trinajstić information content (AvgIpc) is 2.94. The maximum absolute atomic E-state index is 3.43. The Bertz CT molecular complexity index is 490. The SMILES string of the molecule is CNC(CCN(C)Cc1cccs1)c1ccc(C)cc1. The minimum atomic E-state index is 0.432. The lowest BCUT2D eigenvalue weighted by Gasteiger charge is -2.21. The zero-order valence-corrected chi connectivity index (χ0v) is 13.4. The van der Waals surface area contributed by atoms with Crippen molar-refractivity contribution in [1.82, 2.24) is 10.2 Å². The Morgan fingerprint density at radius 1 is 1.20 bits per heavy atom. The highest BCUT2D eigenvalue weighted by Gasteiger charge is 2.10. The third kappa shape index (κ3) is 4.44. The molecule has 1 aromatic carbocycles. The predicted octanol–water partition coefficient (Wildman–Crippen LogP) is 3.84. The number of hydrogen-bond acceptors (Lipinski definition) is 3. The fraction of sp³-hybridized carbons (Fsp3) is 0.412. The topological polar surface area (TPSA) is 15.3 Å². The molecule has 0 radical (unpaired) electrons. The Morgan fingerprint density at radius 3 is 2.55 bits per heavy atom. The van der Waals surface area contributed by atoms with Crippen LogP contribution in [0.2, 0.25) is 0 Å². The largest absolute Gasteiger partial charge is 0.313 e. The van der Waals surface area contributed by atoms with Gasteiger partial charge in [-0.1, -0.05) is 35.9 Å². The smallest absolute Gasteiger partial charge is 0.0329 e. The summed E-state index contributed by atoms with van der Waals surface area (Å²) in [5.74, 6) is 0. The molecule has 108 valence electrons. The summed E-state index contributed by atoms with van der Waals surface area (Å²) in [5, 5.41) is 5.57. The molecular weight excluding hydrogens is 264 g/mol. The lowest BCUT2D eigenvalue weighted by Crippen LogP contribution is -2.25. The van der Waals surface area contributed by atoms with E-state index < -0.39 is 0 Å². The zero-order chi connectivity index (χ0) is 14.4. The number of thiophene rings is 1. The monoisotopic (exact) mass is 288 g/mol. The summed E-state index contributed by atoms with van der Waals surface area (Å²) in [6, 6.07) is 13.6. The van der Waals surface area contributed by atoms with E-state index in [-0.39, 0.29) is 0 Å². The predicted molar refractivity (Wildman–Crippen MR) is 88.2 cm³/mol. The molecular formula is C17H24N2S. The molecule has 2 rings (SSSR count). The van der Waals surface area contributed by atoms with Gasteiger partial charge in [0.05, 0.1) is 0 Å². The van der Waals surface area contributed by atoms with E-state index in [9.17, 15) is 0 Å². The van der Waals surface area contributed by atoms with Crippen molar-refractivity contribution in [2.24, 2.45) is 0 Å². The van der Waals surface area contributed by atoms with Crippen molar-refractivity contribution in [3.05, 3.63) is 57.8 Å². The van der Waals surface area contributed by atoms with Crippen molar-refractivity contribution in [3.63, 3.8) is 0 Å². The first kappa shape index (κ1) is 15.2. The second-order valence-electron chi connectivity index (χ2n) is 5.36. The van der Waals surface area contributed by atoms with Crippen molar-refractivity contribution in [3.8, 4) is 0 Å². The highest BCUT2D eigenvalue weighted by Crippen LogP contribution is 2.18. The van der Waals surface area contributed by atoms with Crippen LogP contribution >= 0.6 is 11.3 Å². The molecule has 0 aliphatic rings. The molecule has 20 heavy (non-hydrogen) atoms. The Labute approximate surface area is 126 Å². The molecule has 0 aliphatic heterocycles. The van der Waals surface area contributed by atoms with Gasteiger partial charge in [-0.25, -0.2) is 0 Å². The van der Waals surface area contributed by atoms with E-state index >= 15 is 0 Å². The van der Waals surface area contributed by atoms with Crippen LogP contribution in [0, 0.1) is 6.92 Å². The number of rotatable bonds is 7. The lowest BCUT2D eigenvalue weighted by atomic mass is 10.0. The Balaban J connectivity index is 1.85.